The average molecular weight is 559 g/mol. The van der Waals surface area contributed by atoms with E-state index in [2.05, 4.69) is 10.1 Å². The summed E-state index contributed by atoms with van der Waals surface area (Å²) in [7, 11) is 0. The number of para-hydroxylation sites is 2. The van der Waals surface area contributed by atoms with Gasteiger partial charge in [-0.3, -0.25) is 14.9 Å². The Kier molecular flexibility index (Phi) is 7.34. The van der Waals surface area contributed by atoms with Gasteiger partial charge in [0.15, 0.2) is 5.82 Å². The lowest BCUT2D eigenvalue weighted by molar-refractivity contribution is -0.385. The maximum absolute atomic E-state index is 13.5. The lowest BCUT2D eigenvalue weighted by Gasteiger charge is -2.12. The van der Waals surface area contributed by atoms with Gasteiger partial charge in [-0.1, -0.05) is 60.2 Å². The number of nitrogens with zero attached hydrogens (tertiary/aromatic N) is 4. The van der Waals surface area contributed by atoms with E-state index in [-0.39, 0.29) is 45.9 Å². The number of hydrogen-bond donors (Lipinski definition) is 0. The second-order valence-electron chi connectivity index (χ2n) is 9.12. The Balaban J connectivity index is 1.63. The normalized spacial score (nSPS) is 11.7. The molecule has 1 heterocycles. The van der Waals surface area contributed by atoms with Gasteiger partial charge in [0.05, 0.1) is 27.6 Å². The summed E-state index contributed by atoms with van der Waals surface area (Å²) in [5.41, 5.74) is 0.412. The first-order chi connectivity index (χ1) is 19.6. The Morgan fingerprint density at radius 1 is 1.00 bits per heavy atom. The third kappa shape index (κ3) is 5.83. The van der Waals surface area contributed by atoms with Crippen LogP contribution in [0.2, 0.25) is 0 Å². The van der Waals surface area contributed by atoms with Crippen molar-refractivity contribution in [2.45, 2.75) is 19.7 Å². The van der Waals surface area contributed by atoms with Gasteiger partial charge < -0.3 is 4.74 Å². The van der Waals surface area contributed by atoms with Crippen LogP contribution in [0.5, 0.6) is 5.75 Å². The van der Waals surface area contributed by atoms with Crippen molar-refractivity contribution in [3.63, 3.8) is 0 Å². The fraction of sp³-hybridized carbons (Fsp3) is 0.100. The Bertz CT molecular complexity index is 1850. The van der Waals surface area contributed by atoms with Crippen LogP contribution in [0.25, 0.3) is 22.3 Å². The van der Waals surface area contributed by atoms with E-state index < -0.39 is 22.2 Å². The van der Waals surface area contributed by atoms with Crippen molar-refractivity contribution in [1.29, 1.82) is 0 Å². The highest BCUT2D eigenvalue weighted by Crippen LogP contribution is 2.33. The lowest BCUT2D eigenvalue weighted by atomic mass is 10.1. The molecule has 0 aliphatic rings. The predicted octanol–water partition coefficient (Wildman–Crippen LogP) is 6.76. The number of aryl methyl sites for hydroxylation is 1. The Hall–Kier alpha value is -5.32. The minimum Gasteiger partial charge on any atom is -0.481 e. The number of aromatic nitrogens is 2. The van der Waals surface area contributed by atoms with E-state index in [4.69, 9.17) is 4.74 Å². The molecule has 0 atom stereocenters. The van der Waals surface area contributed by atoms with E-state index >= 15 is 0 Å². The van der Waals surface area contributed by atoms with Crippen LogP contribution in [0.1, 0.15) is 22.3 Å². The van der Waals surface area contributed by atoms with Crippen molar-refractivity contribution in [3.8, 4) is 17.1 Å². The van der Waals surface area contributed by atoms with Crippen LogP contribution in [-0.4, -0.2) is 20.8 Å². The largest absolute Gasteiger partial charge is 0.481 e. The molecule has 5 aromatic rings. The zero-order valence-electron chi connectivity index (χ0n) is 21.5. The summed E-state index contributed by atoms with van der Waals surface area (Å²) >= 11 is 0. The van der Waals surface area contributed by atoms with E-state index in [0.717, 1.165) is 27.9 Å². The number of ether oxygens (including phenoxy) is 1. The molecule has 0 amide bonds. The first kappa shape index (κ1) is 27.3. The van der Waals surface area contributed by atoms with Gasteiger partial charge in [0, 0.05) is 17.2 Å². The number of alkyl halides is 3. The molecule has 0 saturated heterocycles. The zero-order valence-corrected chi connectivity index (χ0v) is 21.5. The third-order valence-corrected chi connectivity index (χ3v) is 6.24. The third-order valence-electron chi connectivity index (χ3n) is 6.24. The van der Waals surface area contributed by atoms with Crippen molar-refractivity contribution in [2.75, 3.05) is 0 Å². The van der Waals surface area contributed by atoms with Crippen LogP contribution in [0, 0.1) is 17.0 Å². The molecule has 0 unspecified atom stereocenters. The molecule has 4 aromatic carbocycles. The molecular weight excluding hydrogens is 537 g/mol. The van der Waals surface area contributed by atoms with E-state index in [1.807, 2.05) is 31.2 Å². The molecule has 206 valence electrons. The van der Waals surface area contributed by atoms with Crippen LogP contribution in [0.15, 0.2) is 101 Å². The lowest BCUT2D eigenvalue weighted by Crippen LogP contribution is -2.20. The quantitative estimate of drug-likeness (QED) is 0.125. The zero-order chi connectivity index (χ0) is 29.1. The van der Waals surface area contributed by atoms with Gasteiger partial charge in [0.2, 0.25) is 5.75 Å². The van der Waals surface area contributed by atoms with Crippen LogP contribution < -0.4 is 10.3 Å². The Morgan fingerprint density at radius 3 is 2.46 bits per heavy atom. The fourth-order valence-electron chi connectivity index (χ4n) is 4.16. The molecular formula is C30H21F3N4O4. The highest BCUT2D eigenvalue weighted by Gasteiger charge is 2.31. The second kappa shape index (κ2) is 11.0. The summed E-state index contributed by atoms with van der Waals surface area (Å²) < 4.78 is 47.1. The smallest absolute Gasteiger partial charge is 0.416 e. The predicted molar refractivity (Wildman–Crippen MR) is 148 cm³/mol. The molecule has 0 saturated carbocycles. The van der Waals surface area contributed by atoms with Gasteiger partial charge in [-0.05, 0) is 42.8 Å². The molecule has 11 heteroatoms. The number of benzene rings is 4. The standard InChI is InChI=1S/C30H21F3N4O4/c1-19-12-14-20(15-13-19)18-41-27-22(7-5-11-26(27)37(39)40)17-34-36-28(21-6-4-8-23(16-21)30(31,32)33)35-25-10-3-2-9-24(25)29(36)38/h2-17H,18H2,1H3. The number of nitro benzene ring substituents is 1. The summed E-state index contributed by atoms with van der Waals surface area (Å²) in [4.78, 5) is 29.1. The molecule has 0 spiro atoms. The Morgan fingerprint density at radius 2 is 1.73 bits per heavy atom. The van der Waals surface area contributed by atoms with Crippen molar-refractivity contribution < 1.29 is 22.8 Å². The molecule has 41 heavy (non-hydrogen) atoms. The fourth-order valence-corrected chi connectivity index (χ4v) is 4.16. The van der Waals surface area contributed by atoms with Crippen molar-refractivity contribution in [3.05, 3.63) is 134 Å². The first-order valence-electron chi connectivity index (χ1n) is 12.3. The minimum atomic E-state index is -4.62. The van der Waals surface area contributed by atoms with Gasteiger partial charge in [-0.25, -0.2) is 4.98 Å². The Labute approximate surface area is 231 Å². The number of fused-ring (bicyclic) bond motifs is 1. The summed E-state index contributed by atoms with van der Waals surface area (Å²) in [6, 6.07) is 22.4. The van der Waals surface area contributed by atoms with Crippen molar-refractivity contribution >= 4 is 22.8 Å². The SMILES string of the molecule is Cc1ccc(COc2c(C=Nn3c(-c4cccc(C(F)(F)F)c4)nc4ccccc4c3=O)cccc2[N+](=O)[O-])cc1. The molecule has 8 nitrogen and oxygen atoms in total. The molecule has 0 N–H and O–H groups in total. The highest BCUT2D eigenvalue weighted by molar-refractivity contribution is 5.86. The topological polar surface area (TPSA) is 99.6 Å². The van der Waals surface area contributed by atoms with E-state index in [1.54, 1.807) is 18.2 Å². The molecule has 0 aliphatic heterocycles. The maximum Gasteiger partial charge on any atom is 0.416 e. The monoisotopic (exact) mass is 558 g/mol. The van der Waals surface area contributed by atoms with Crippen LogP contribution in [0.4, 0.5) is 18.9 Å². The number of rotatable bonds is 7. The summed E-state index contributed by atoms with van der Waals surface area (Å²) in [6.45, 7) is 1.96. The molecule has 1 aromatic heterocycles. The molecule has 0 radical (unpaired) electrons. The van der Waals surface area contributed by atoms with Crippen LogP contribution in [0.3, 0.4) is 0 Å². The average Bonchev–Trinajstić information content (AvgIpc) is 2.96. The van der Waals surface area contributed by atoms with Crippen LogP contribution in [-0.2, 0) is 12.8 Å². The van der Waals surface area contributed by atoms with Crippen LogP contribution >= 0.6 is 0 Å². The molecule has 5 rings (SSSR count). The number of hydrogen-bond acceptors (Lipinski definition) is 6. The van der Waals surface area contributed by atoms with E-state index in [9.17, 15) is 28.1 Å². The summed E-state index contributed by atoms with van der Waals surface area (Å²) in [6.07, 6.45) is -3.43. The van der Waals surface area contributed by atoms with Gasteiger partial charge in [0.25, 0.3) is 5.56 Å². The summed E-state index contributed by atoms with van der Waals surface area (Å²) in [5, 5.41) is 16.2. The van der Waals surface area contributed by atoms with E-state index in [0.29, 0.717) is 0 Å². The van der Waals surface area contributed by atoms with E-state index in [1.165, 1.54) is 42.6 Å². The summed E-state index contributed by atoms with van der Waals surface area (Å²) in [5.74, 6) is -0.215. The number of nitro groups is 1. The van der Waals surface area contributed by atoms with Gasteiger partial charge in [0.1, 0.15) is 6.61 Å². The first-order valence-corrected chi connectivity index (χ1v) is 12.3. The highest BCUT2D eigenvalue weighted by atomic mass is 19.4. The minimum absolute atomic E-state index is 0.00900. The van der Waals surface area contributed by atoms with Gasteiger partial charge >= 0.3 is 11.9 Å². The molecule has 0 bridgehead atoms. The number of halogens is 3. The van der Waals surface area contributed by atoms with Gasteiger partial charge in [-0.15, -0.1) is 0 Å². The molecule has 0 aliphatic carbocycles. The molecule has 0 fully saturated rings. The maximum atomic E-state index is 13.5. The van der Waals surface area contributed by atoms with Crippen molar-refractivity contribution in [2.24, 2.45) is 5.10 Å². The van der Waals surface area contributed by atoms with Crippen molar-refractivity contribution in [1.82, 2.24) is 9.66 Å². The second-order valence-corrected chi connectivity index (χ2v) is 9.12. The van der Waals surface area contributed by atoms with Gasteiger partial charge in [-0.2, -0.15) is 22.9 Å².